The molecule has 0 aliphatic carbocycles. The number of thioether (sulfide) groups is 1. The Morgan fingerprint density at radius 2 is 1.69 bits per heavy atom. The number of benzene rings is 2. The third-order valence-corrected chi connectivity index (χ3v) is 5.79. The number of nitriles is 1. The molecule has 3 aromatic rings. The second-order valence-electron chi connectivity index (χ2n) is 7.51. The number of halogens is 3. The van der Waals surface area contributed by atoms with Gasteiger partial charge in [-0.2, -0.15) is 18.4 Å². The van der Waals surface area contributed by atoms with Gasteiger partial charge in [0.1, 0.15) is 22.6 Å². The molecule has 1 aromatic heterocycles. The molecule has 0 atom stereocenters. The molecule has 6 nitrogen and oxygen atoms in total. The molecule has 2 aromatic carbocycles. The SMILES string of the molecule is CCCOc1ccc(-c2cc(C(F)(F)F)c(C#N)c(SCC(=O)Nc3ccc(OCC)cc3)n2)cc1. The molecule has 0 fully saturated rings. The van der Waals surface area contributed by atoms with Crippen LogP contribution in [0.3, 0.4) is 0 Å². The molecule has 0 unspecified atom stereocenters. The summed E-state index contributed by atoms with van der Waals surface area (Å²) in [4.78, 5) is 16.7. The van der Waals surface area contributed by atoms with Crippen molar-refractivity contribution in [2.24, 2.45) is 0 Å². The summed E-state index contributed by atoms with van der Waals surface area (Å²) >= 11 is 0.769. The highest BCUT2D eigenvalue weighted by Gasteiger charge is 2.36. The average molecular weight is 516 g/mol. The van der Waals surface area contributed by atoms with Crippen LogP contribution in [0.1, 0.15) is 31.4 Å². The molecule has 0 spiro atoms. The maximum atomic E-state index is 13.8. The number of carbonyl (C=O) groups is 1. The molecule has 0 radical (unpaired) electrons. The van der Waals surface area contributed by atoms with Crippen molar-refractivity contribution in [3.05, 3.63) is 65.7 Å². The Hall–Kier alpha value is -3.71. The van der Waals surface area contributed by atoms with Crippen LogP contribution in [-0.4, -0.2) is 29.9 Å². The highest BCUT2D eigenvalue weighted by molar-refractivity contribution is 8.00. The van der Waals surface area contributed by atoms with Gasteiger partial charge in [-0.15, -0.1) is 0 Å². The minimum Gasteiger partial charge on any atom is -0.494 e. The number of anilines is 1. The van der Waals surface area contributed by atoms with Gasteiger partial charge >= 0.3 is 6.18 Å². The molecule has 0 bridgehead atoms. The summed E-state index contributed by atoms with van der Waals surface area (Å²) in [6, 6.07) is 15.7. The smallest absolute Gasteiger partial charge is 0.417 e. The monoisotopic (exact) mass is 515 g/mol. The van der Waals surface area contributed by atoms with Crippen molar-refractivity contribution in [2.45, 2.75) is 31.5 Å². The van der Waals surface area contributed by atoms with E-state index in [4.69, 9.17) is 9.47 Å². The lowest BCUT2D eigenvalue weighted by molar-refractivity contribution is -0.138. The number of rotatable bonds is 10. The summed E-state index contributed by atoms with van der Waals surface area (Å²) in [5.74, 6) is 0.547. The van der Waals surface area contributed by atoms with Crippen LogP contribution < -0.4 is 14.8 Å². The van der Waals surface area contributed by atoms with Crippen LogP contribution in [0.4, 0.5) is 18.9 Å². The molecule has 36 heavy (non-hydrogen) atoms. The Morgan fingerprint density at radius 1 is 1.06 bits per heavy atom. The average Bonchev–Trinajstić information content (AvgIpc) is 2.86. The third-order valence-electron chi connectivity index (χ3n) is 4.82. The van der Waals surface area contributed by atoms with Crippen molar-refractivity contribution >= 4 is 23.4 Å². The van der Waals surface area contributed by atoms with Crippen molar-refractivity contribution in [3.63, 3.8) is 0 Å². The number of aromatic nitrogens is 1. The predicted octanol–water partition coefficient (Wildman–Crippen LogP) is 6.56. The van der Waals surface area contributed by atoms with Gasteiger partial charge in [-0.3, -0.25) is 4.79 Å². The fraction of sp³-hybridized carbons (Fsp3) is 0.269. The molecule has 1 amide bonds. The minimum absolute atomic E-state index is 0.0396. The summed E-state index contributed by atoms with van der Waals surface area (Å²) < 4.78 is 52.2. The van der Waals surface area contributed by atoms with E-state index in [0.29, 0.717) is 36.0 Å². The topological polar surface area (TPSA) is 84.2 Å². The standard InChI is InChI=1S/C26H24F3N3O3S/c1-3-13-35-20-9-5-17(6-10-20)23-14-22(26(27,28)29)21(15-30)25(32-23)36-16-24(33)31-18-7-11-19(12-8-18)34-4-2/h5-12,14H,3-4,13,16H2,1-2H3,(H,31,33). The lowest BCUT2D eigenvalue weighted by atomic mass is 10.1. The number of amides is 1. The van der Waals surface area contributed by atoms with E-state index in [2.05, 4.69) is 10.3 Å². The first-order valence-electron chi connectivity index (χ1n) is 11.2. The Kier molecular flexibility index (Phi) is 9.19. The second-order valence-corrected chi connectivity index (χ2v) is 8.48. The molecular formula is C26H24F3N3O3S. The van der Waals surface area contributed by atoms with Crippen LogP contribution in [0.15, 0.2) is 59.6 Å². The molecule has 0 saturated carbocycles. The van der Waals surface area contributed by atoms with E-state index in [1.54, 1.807) is 54.6 Å². The van der Waals surface area contributed by atoms with Gasteiger partial charge in [-0.1, -0.05) is 18.7 Å². The first kappa shape index (κ1) is 26.9. The van der Waals surface area contributed by atoms with Crippen LogP contribution in [-0.2, 0) is 11.0 Å². The van der Waals surface area contributed by atoms with Crippen LogP contribution >= 0.6 is 11.8 Å². The molecule has 1 N–H and O–H groups in total. The maximum absolute atomic E-state index is 13.8. The minimum atomic E-state index is -4.77. The number of nitrogens with one attached hydrogen (secondary N) is 1. The van der Waals surface area contributed by atoms with E-state index < -0.39 is 23.2 Å². The summed E-state index contributed by atoms with van der Waals surface area (Å²) in [6.45, 7) is 4.84. The Balaban J connectivity index is 1.83. The zero-order valence-corrected chi connectivity index (χ0v) is 20.5. The number of alkyl halides is 3. The summed E-state index contributed by atoms with van der Waals surface area (Å²) in [5, 5.41) is 12.0. The van der Waals surface area contributed by atoms with Gasteiger partial charge in [0.2, 0.25) is 5.91 Å². The molecule has 188 valence electrons. The van der Waals surface area contributed by atoms with Crippen molar-refractivity contribution in [2.75, 3.05) is 24.3 Å². The predicted molar refractivity (Wildman–Crippen MR) is 132 cm³/mol. The lowest BCUT2D eigenvalue weighted by Crippen LogP contribution is -2.15. The first-order chi connectivity index (χ1) is 17.2. The largest absolute Gasteiger partial charge is 0.494 e. The van der Waals surface area contributed by atoms with Gasteiger partial charge in [0.15, 0.2) is 0 Å². The fourth-order valence-corrected chi connectivity index (χ4v) is 3.98. The van der Waals surface area contributed by atoms with Crippen LogP contribution in [0, 0.1) is 11.3 Å². The summed E-state index contributed by atoms with van der Waals surface area (Å²) in [7, 11) is 0. The van der Waals surface area contributed by atoms with Gasteiger partial charge in [-0.25, -0.2) is 4.98 Å². The molecule has 10 heteroatoms. The van der Waals surface area contributed by atoms with Crippen LogP contribution in [0.25, 0.3) is 11.3 Å². The lowest BCUT2D eigenvalue weighted by Gasteiger charge is -2.14. The zero-order chi connectivity index (χ0) is 26.1. The highest BCUT2D eigenvalue weighted by Crippen LogP contribution is 2.38. The Labute approximate surface area is 211 Å². The number of hydrogen-bond acceptors (Lipinski definition) is 6. The van der Waals surface area contributed by atoms with E-state index >= 15 is 0 Å². The van der Waals surface area contributed by atoms with Crippen molar-refractivity contribution in [3.8, 4) is 28.8 Å². The van der Waals surface area contributed by atoms with Crippen molar-refractivity contribution in [1.29, 1.82) is 5.26 Å². The summed E-state index contributed by atoms with van der Waals surface area (Å²) in [5.41, 5.74) is -0.747. The van der Waals surface area contributed by atoms with E-state index in [-0.39, 0.29) is 16.5 Å². The van der Waals surface area contributed by atoms with Gasteiger partial charge in [0, 0.05) is 11.3 Å². The van der Waals surface area contributed by atoms with Gasteiger partial charge < -0.3 is 14.8 Å². The maximum Gasteiger partial charge on any atom is 0.417 e. The van der Waals surface area contributed by atoms with Crippen molar-refractivity contribution in [1.82, 2.24) is 4.98 Å². The van der Waals surface area contributed by atoms with Gasteiger partial charge in [0.25, 0.3) is 0 Å². The van der Waals surface area contributed by atoms with Gasteiger partial charge in [0.05, 0.1) is 35.8 Å². The zero-order valence-electron chi connectivity index (χ0n) is 19.7. The normalized spacial score (nSPS) is 11.0. The van der Waals surface area contributed by atoms with E-state index in [9.17, 15) is 23.2 Å². The number of pyridine rings is 1. The number of carbonyl (C=O) groups excluding carboxylic acids is 1. The van der Waals surface area contributed by atoms with Crippen LogP contribution in [0.5, 0.6) is 11.5 Å². The number of ether oxygens (including phenoxy) is 2. The molecule has 0 aliphatic heterocycles. The van der Waals surface area contributed by atoms with E-state index in [0.717, 1.165) is 24.2 Å². The molecule has 0 aliphatic rings. The fourth-order valence-electron chi connectivity index (χ4n) is 3.18. The highest BCUT2D eigenvalue weighted by atomic mass is 32.2. The third kappa shape index (κ3) is 7.15. The molecule has 0 saturated heterocycles. The Bertz CT molecular complexity index is 1220. The second kappa shape index (κ2) is 12.3. The quantitative estimate of drug-likeness (QED) is 0.308. The van der Waals surface area contributed by atoms with E-state index in [1.165, 1.54) is 0 Å². The van der Waals surface area contributed by atoms with Crippen LogP contribution in [0.2, 0.25) is 0 Å². The van der Waals surface area contributed by atoms with Crippen molar-refractivity contribution < 1.29 is 27.4 Å². The molecule has 1 heterocycles. The Morgan fingerprint density at radius 3 is 2.28 bits per heavy atom. The molecular weight excluding hydrogens is 491 g/mol. The van der Waals surface area contributed by atoms with E-state index in [1.807, 2.05) is 13.8 Å². The molecule has 3 rings (SSSR count). The number of nitrogens with zero attached hydrogens (tertiary/aromatic N) is 2. The first-order valence-corrected chi connectivity index (χ1v) is 12.1. The van der Waals surface area contributed by atoms with Gasteiger partial charge in [-0.05, 0) is 67.9 Å². The number of hydrogen-bond donors (Lipinski definition) is 1. The summed E-state index contributed by atoms with van der Waals surface area (Å²) in [6.07, 6.45) is -3.95.